The number of Topliss-reactive ketones (excluding diaryl/α,β-unsaturated/α-hetero) is 1. The van der Waals surface area contributed by atoms with Crippen LogP contribution in [0.4, 0.5) is 5.95 Å². The number of carbonyl (C=O) groups is 1. The average Bonchev–Trinajstić information content (AvgIpc) is 3.30. The van der Waals surface area contributed by atoms with Gasteiger partial charge in [0.05, 0.1) is 38.7 Å². The number of anilines is 1. The SMILES string of the molecule is COc1cc([C@H]2CC(=O)c3cnc(NC[C@H]4CCCO4)nc3C2)cc(OC)c1OC. The van der Waals surface area contributed by atoms with Crippen molar-refractivity contribution in [3.8, 4) is 17.2 Å². The van der Waals surface area contributed by atoms with Gasteiger partial charge in [-0.3, -0.25) is 4.79 Å². The van der Waals surface area contributed by atoms with E-state index in [1.54, 1.807) is 27.5 Å². The molecule has 1 aromatic heterocycles. The van der Waals surface area contributed by atoms with Crippen LogP contribution in [0.1, 0.15) is 46.8 Å². The Morgan fingerprint density at radius 1 is 1.13 bits per heavy atom. The summed E-state index contributed by atoms with van der Waals surface area (Å²) < 4.78 is 22.0. The minimum Gasteiger partial charge on any atom is -0.493 e. The van der Waals surface area contributed by atoms with Gasteiger partial charge in [0.25, 0.3) is 0 Å². The van der Waals surface area contributed by atoms with Crippen molar-refractivity contribution in [2.75, 3.05) is 39.8 Å². The number of benzene rings is 1. The number of carbonyl (C=O) groups excluding carboxylic acids is 1. The van der Waals surface area contributed by atoms with E-state index in [4.69, 9.17) is 18.9 Å². The maximum atomic E-state index is 12.8. The molecule has 1 aliphatic carbocycles. The van der Waals surface area contributed by atoms with Crippen LogP contribution in [-0.4, -0.2) is 56.3 Å². The van der Waals surface area contributed by atoms with Crippen LogP contribution < -0.4 is 19.5 Å². The van der Waals surface area contributed by atoms with E-state index in [1.165, 1.54) is 0 Å². The van der Waals surface area contributed by atoms with Crippen molar-refractivity contribution >= 4 is 11.7 Å². The maximum absolute atomic E-state index is 12.8. The molecule has 1 N–H and O–H groups in total. The molecule has 2 aromatic rings. The maximum Gasteiger partial charge on any atom is 0.222 e. The molecule has 1 fully saturated rings. The van der Waals surface area contributed by atoms with Crippen LogP contribution in [0.15, 0.2) is 18.3 Å². The van der Waals surface area contributed by atoms with Gasteiger partial charge in [0.2, 0.25) is 11.7 Å². The predicted octanol–water partition coefficient (Wildman–Crippen LogP) is 3.01. The number of nitrogens with one attached hydrogen (secondary N) is 1. The molecule has 1 saturated heterocycles. The first kappa shape index (κ1) is 20.4. The van der Waals surface area contributed by atoms with Gasteiger partial charge in [-0.05, 0) is 42.9 Å². The second-order valence-corrected chi connectivity index (χ2v) is 7.56. The largest absolute Gasteiger partial charge is 0.493 e. The molecule has 2 heterocycles. The van der Waals surface area contributed by atoms with Crippen molar-refractivity contribution in [1.82, 2.24) is 9.97 Å². The molecule has 8 nitrogen and oxygen atoms in total. The highest BCUT2D eigenvalue weighted by Gasteiger charge is 2.30. The normalized spacial score (nSPS) is 20.6. The predicted molar refractivity (Wildman–Crippen MR) is 111 cm³/mol. The third-order valence-corrected chi connectivity index (χ3v) is 5.71. The van der Waals surface area contributed by atoms with E-state index < -0.39 is 0 Å². The number of hydrogen-bond acceptors (Lipinski definition) is 8. The molecule has 2 aliphatic rings. The second-order valence-electron chi connectivity index (χ2n) is 7.56. The number of ether oxygens (including phenoxy) is 4. The number of aromatic nitrogens is 2. The summed E-state index contributed by atoms with van der Waals surface area (Å²) in [5.41, 5.74) is 2.31. The summed E-state index contributed by atoms with van der Waals surface area (Å²) in [4.78, 5) is 21.7. The number of ketones is 1. The van der Waals surface area contributed by atoms with Gasteiger partial charge in [-0.1, -0.05) is 0 Å². The molecule has 0 radical (unpaired) electrons. The van der Waals surface area contributed by atoms with Crippen LogP contribution in [0, 0.1) is 0 Å². The zero-order chi connectivity index (χ0) is 21.1. The average molecular weight is 413 g/mol. The van der Waals surface area contributed by atoms with Crippen molar-refractivity contribution in [3.05, 3.63) is 35.2 Å². The Morgan fingerprint density at radius 2 is 1.90 bits per heavy atom. The Hall–Kier alpha value is -2.87. The number of hydrogen-bond donors (Lipinski definition) is 1. The third-order valence-electron chi connectivity index (χ3n) is 5.71. The molecule has 0 bridgehead atoms. The second kappa shape index (κ2) is 8.87. The van der Waals surface area contributed by atoms with Crippen molar-refractivity contribution in [1.29, 1.82) is 0 Å². The Bertz CT molecular complexity index is 902. The zero-order valence-electron chi connectivity index (χ0n) is 17.6. The van der Waals surface area contributed by atoms with Gasteiger partial charge >= 0.3 is 0 Å². The zero-order valence-corrected chi connectivity index (χ0v) is 17.6. The van der Waals surface area contributed by atoms with Crippen LogP contribution >= 0.6 is 0 Å². The molecule has 0 unspecified atom stereocenters. The molecular formula is C22H27N3O5. The van der Waals surface area contributed by atoms with Crippen LogP contribution in [0.3, 0.4) is 0 Å². The van der Waals surface area contributed by atoms with E-state index in [-0.39, 0.29) is 17.8 Å². The summed E-state index contributed by atoms with van der Waals surface area (Å²) in [5.74, 6) is 2.23. The third kappa shape index (κ3) is 4.05. The Morgan fingerprint density at radius 3 is 2.53 bits per heavy atom. The highest BCUT2D eigenvalue weighted by atomic mass is 16.5. The van der Waals surface area contributed by atoms with Gasteiger partial charge in [0.1, 0.15) is 0 Å². The fourth-order valence-corrected chi connectivity index (χ4v) is 4.11. The fourth-order valence-electron chi connectivity index (χ4n) is 4.11. The Balaban J connectivity index is 1.57. The fraction of sp³-hybridized carbons (Fsp3) is 0.500. The van der Waals surface area contributed by atoms with Gasteiger partial charge in [-0.15, -0.1) is 0 Å². The standard InChI is InChI=1S/C22H27N3O5/c1-27-19-9-14(10-20(28-2)21(19)29-3)13-7-17-16(18(26)8-13)12-24-22(25-17)23-11-15-5-4-6-30-15/h9-10,12-13,15H,4-8,11H2,1-3H3,(H,23,24,25)/t13-,15-/m1/s1. The van der Waals surface area contributed by atoms with Crippen molar-refractivity contribution < 1.29 is 23.7 Å². The molecule has 8 heteroatoms. The lowest BCUT2D eigenvalue weighted by Crippen LogP contribution is -2.23. The monoisotopic (exact) mass is 413 g/mol. The lowest BCUT2D eigenvalue weighted by atomic mass is 9.82. The number of rotatable bonds is 7. The molecule has 4 rings (SSSR count). The van der Waals surface area contributed by atoms with Crippen molar-refractivity contribution in [2.24, 2.45) is 0 Å². The van der Waals surface area contributed by atoms with E-state index in [2.05, 4.69) is 15.3 Å². The minimum absolute atomic E-state index is 0.0281. The molecule has 0 amide bonds. The summed E-state index contributed by atoms with van der Waals surface area (Å²) in [6, 6.07) is 3.81. The summed E-state index contributed by atoms with van der Waals surface area (Å²) >= 11 is 0. The van der Waals surface area contributed by atoms with Crippen molar-refractivity contribution in [2.45, 2.75) is 37.7 Å². The minimum atomic E-state index is -0.0281. The highest BCUT2D eigenvalue weighted by molar-refractivity contribution is 5.98. The van der Waals surface area contributed by atoms with E-state index in [1.807, 2.05) is 12.1 Å². The summed E-state index contributed by atoms with van der Waals surface area (Å²) in [6.07, 6.45) is 4.97. The van der Waals surface area contributed by atoms with Gasteiger partial charge in [0.15, 0.2) is 17.3 Å². The molecule has 2 atom stereocenters. The first-order valence-corrected chi connectivity index (χ1v) is 10.2. The smallest absolute Gasteiger partial charge is 0.222 e. The number of fused-ring (bicyclic) bond motifs is 1. The molecule has 1 aromatic carbocycles. The summed E-state index contributed by atoms with van der Waals surface area (Å²) in [7, 11) is 4.74. The Labute approximate surface area is 175 Å². The Kier molecular flexibility index (Phi) is 6.03. The number of methoxy groups -OCH3 is 3. The lowest BCUT2D eigenvalue weighted by molar-refractivity contribution is 0.0962. The molecule has 0 saturated carbocycles. The molecule has 160 valence electrons. The van der Waals surface area contributed by atoms with Crippen LogP contribution in [0.25, 0.3) is 0 Å². The highest BCUT2D eigenvalue weighted by Crippen LogP contribution is 2.42. The molecule has 0 spiro atoms. The first-order valence-electron chi connectivity index (χ1n) is 10.2. The van der Waals surface area contributed by atoms with Crippen LogP contribution in [0.2, 0.25) is 0 Å². The summed E-state index contributed by atoms with van der Waals surface area (Å²) in [6.45, 7) is 1.48. The molecular weight excluding hydrogens is 386 g/mol. The first-order chi connectivity index (χ1) is 14.6. The van der Waals surface area contributed by atoms with Crippen LogP contribution in [0.5, 0.6) is 17.2 Å². The summed E-state index contributed by atoms with van der Waals surface area (Å²) in [5, 5.41) is 3.24. The van der Waals surface area contributed by atoms with E-state index in [9.17, 15) is 4.79 Å². The van der Waals surface area contributed by atoms with E-state index >= 15 is 0 Å². The molecule has 1 aliphatic heterocycles. The van der Waals surface area contributed by atoms with Crippen LogP contribution in [-0.2, 0) is 11.2 Å². The van der Waals surface area contributed by atoms with Gasteiger partial charge in [-0.25, -0.2) is 9.97 Å². The van der Waals surface area contributed by atoms with E-state index in [0.717, 1.165) is 30.7 Å². The molecule has 30 heavy (non-hydrogen) atoms. The topological polar surface area (TPSA) is 91.8 Å². The quantitative estimate of drug-likeness (QED) is 0.741. The van der Waals surface area contributed by atoms with Crippen molar-refractivity contribution in [3.63, 3.8) is 0 Å². The van der Waals surface area contributed by atoms with Gasteiger partial charge < -0.3 is 24.3 Å². The van der Waals surface area contributed by atoms with Gasteiger partial charge in [0, 0.05) is 25.8 Å². The van der Waals surface area contributed by atoms with E-state index in [0.29, 0.717) is 48.1 Å². The lowest BCUT2D eigenvalue weighted by Gasteiger charge is -2.25. The van der Waals surface area contributed by atoms with Gasteiger partial charge in [-0.2, -0.15) is 0 Å². The number of nitrogens with zero attached hydrogens (tertiary/aromatic N) is 2.